The number of benzene rings is 1. The third-order valence-corrected chi connectivity index (χ3v) is 4.27. The van der Waals surface area contributed by atoms with Gasteiger partial charge in [0.25, 0.3) is 0 Å². The number of aromatic carboxylic acids is 1. The molecule has 0 unspecified atom stereocenters. The van der Waals surface area contributed by atoms with Gasteiger partial charge in [0.05, 0.1) is 11.3 Å². The number of nitrogens with zero attached hydrogens (tertiary/aromatic N) is 1. The summed E-state index contributed by atoms with van der Waals surface area (Å²) in [6, 6.07) is 4.25. The van der Waals surface area contributed by atoms with Crippen molar-refractivity contribution in [3.05, 3.63) is 28.2 Å². The molecule has 6 nitrogen and oxygen atoms in total. The minimum Gasteiger partial charge on any atom is -0.478 e. The Labute approximate surface area is 130 Å². The van der Waals surface area contributed by atoms with Gasteiger partial charge in [-0.25, -0.2) is 9.59 Å². The number of carboxylic acids is 1. The maximum Gasteiger partial charge on any atom is 0.335 e. The number of hydrogen-bond acceptors (Lipinski definition) is 3. The molecule has 1 fully saturated rings. The smallest absolute Gasteiger partial charge is 0.335 e. The lowest BCUT2D eigenvalue weighted by Crippen LogP contribution is -2.41. The predicted molar refractivity (Wildman–Crippen MR) is 81.5 cm³/mol. The number of nitrogens with one attached hydrogen (secondary N) is 1. The number of amides is 2. The van der Waals surface area contributed by atoms with Crippen molar-refractivity contribution in [1.82, 2.24) is 4.90 Å². The van der Waals surface area contributed by atoms with E-state index < -0.39 is 5.97 Å². The number of likely N-dealkylation sites (tertiary alicyclic amines) is 1. The molecular weight excluding hydrogens is 340 g/mol. The molecule has 0 bridgehead atoms. The Morgan fingerprint density at radius 1 is 1.33 bits per heavy atom. The summed E-state index contributed by atoms with van der Waals surface area (Å²) in [6.45, 7) is 1.39. The van der Waals surface area contributed by atoms with Gasteiger partial charge in [0.1, 0.15) is 0 Å². The molecule has 2 amide bonds. The van der Waals surface area contributed by atoms with E-state index in [4.69, 9.17) is 10.2 Å². The molecular formula is C14H17BrN2O4. The number of piperidine rings is 1. The summed E-state index contributed by atoms with van der Waals surface area (Å²) in [5.41, 5.74) is 0.693. The molecule has 0 aliphatic carbocycles. The van der Waals surface area contributed by atoms with Gasteiger partial charge in [0.15, 0.2) is 0 Å². The van der Waals surface area contributed by atoms with Crippen molar-refractivity contribution < 1.29 is 19.8 Å². The van der Waals surface area contributed by atoms with Crippen LogP contribution in [0.15, 0.2) is 22.7 Å². The second kappa shape index (κ2) is 6.91. The Morgan fingerprint density at radius 3 is 2.52 bits per heavy atom. The van der Waals surface area contributed by atoms with Crippen molar-refractivity contribution in [2.75, 3.05) is 25.0 Å². The number of carboxylic acid groups (broad SMARTS) is 1. The first-order valence-corrected chi connectivity index (χ1v) is 7.50. The van der Waals surface area contributed by atoms with Crippen LogP contribution < -0.4 is 5.32 Å². The Balaban J connectivity index is 1.98. The fraction of sp³-hybridized carbons (Fsp3) is 0.429. The second-order valence-electron chi connectivity index (χ2n) is 5.04. The monoisotopic (exact) mass is 356 g/mol. The normalized spacial score (nSPS) is 15.8. The molecule has 3 N–H and O–H groups in total. The van der Waals surface area contributed by atoms with Crippen LogP contribution in [0.4, 0.5) is 10.5 Å². The van der Waals surface area contributed by atoms with Gasteiger partial charge in [-0.05, 0) is 52.9 Å². The number of rotatable bonds is 3. The van der Waals surface area contributed by atoms with Crippen LogP contribution in [0.5, 0.6) is 0 Å². The molecule has 21 heavy (non-hydrogen) atoms. The van der Waals surface area contributed by atoms with Crippen LogP contribution >= 0.6 is 15.9 Å². The summed E-state index contributed by atoms with van der Waals surface area (Å²) in [5.74, 6) is -0.740. The van der Waals surface area contributed by atoms with Crippen molar-refractivity contribution in [3.8, 4) is 0 Å². The van der Waals surface area contributed by atoms with E-state index in [0.717, 1.165) is 12.8 Å². The Hall–Kier alpha value is -1.60. The third kappa shape index (κ3) is 3.95. The average molecular weight is 357 g/mol. The minimum atomic E-state index is -1.01. The van der Waals surface area contributed by atoms with Gasteiger partial charge >= 0.3 is 12.0 Å². The maximum absolute atomic E-state index is 12.1. The van der Waals surface area contributed by atoms with E-state index in [-0.39, 0.29) is 24.1 Å². The third-order valence-electron chi connectivity index (χ3n) is 3.62. The largest absolute Gasteiger partial charge is 0.478 e. The van der Waals surface area contributed by atoms with Crippen LogP contribution in [-0.2, 0) is 0 Å². The van der Waals surface area contributed by atoms with Gasteiger partial charge < -0.3 is 20.4 Å². The standard InChI is InChI=1S/C14H17BrN2O4/c15-11-7-10(13(19)20)1-2-12(11)16-14(21)17-5-3-9(8-18)4-6-17/h1-2,7,9,18H,3-6,8H2,(H,16,21)(H,19,20). The molecule has 1 saturated heterocycles. The molecule has 1 aromatic carbocycles. The van der Waals surface area contributed by atoms with Crippen molar-refractivity contribution in [1.29, 1.82) is 0 Å². The van der Waals surface area contributed by atoms with Crippen LogP contribution in [0, 0.1) is 5.92 Å². The number of halogens is 1. The predicted octanol–water partition coefficient (Wildman–Crippen LogP) is 2.38. The zero-order chi connectivity index (χ0) is 15.4. The van der Waals surface area contributed by atoms with E-state index >= 15 is 0 Å². The van der Waals surface area contributed by atoms with Crippen LogP contribution in [0.1, 0.15) is 23.2 Å². The van der Waals surface area contributed by atoms with Crippen LogP contribution in [-0.4, -0.2) is 46.8 Å². The number of carbonyl (C=O) groups excluding carboxylic acids is 1. The Bertz CT molecular complexity index is 542. The van der Waals surface area contributed by atoms with E-state index in [9.17, 15) is 9.59 Å². The number of urea groups is 1. The highest BCUT2D eigenvalue weighted by Crippen LogP contribution is 2.25. The van der Waals surface area contributed by atoms with E-state index in [0.29, 0.717) is 23.2 Å². The van der Waals surface area contributed by atoms with Crippen molar-refractivity contribution >= 4 is 33.6 Å². The van der Waals surface area contributed by atoms with Gasteiger partial charge in [-0.3, -0.25) is 0 Å². The summed E-state index contributed by atoms with van der Waals surface area (Å²) in [5, 5.41) is 20.7. The molecule has 0 saturated carbocycles. The molecule has 1 aliphatic rings. The molecule has 1 aliphatic heterocycles. The summed E-state index contributed by atoms with van der Waals surface area (Å²) < 4.78 is 0.529. The average Bonchev–Trinajstić information content (AvgIpc) is 2.49. The first-order valence-electron chi connectivity index (χ1n) is 6.71. The molecule has 2 rings (SSSR count). The molecule has 0 radical (unpaired) electrons. The zero-order valence-electron chi connectivity index (χ0n) is 11.4. The quantitative estimate of drug-likeness (QED) is 0.775. The highest BCUT2D eigenvalue weighted by atomic mass is 79.9. The summed E-state index contributed by atoms with van der Waals surface area (Å²) >= 11 is 3.26. The van der Waals surface area contributed by atoms with Gasteiger partial charge in [-0.15, -0.1) is 0 Å². The van der Waals surface area contributed by atoms with Gasteiger partial charge in [0, 0.05) is 24.2 Å². The van der Waals surface area contributed by atoms with Gasteiger partial charge in [-0.1, -0.05) is 0 Å². The van der Waals surface area contributed by atoms with Crippen LogP contribution in [0.25, 0.3) is 0 Å². The van der Waals surface area contributed by atoms with Crippen molar-refractivity contribution in [3.63, 3.8) is 0 Å². The van der Waals surface area contributed by atoms with Crippen LogP contribution in [0.2, 0.25) is 0 Å². The zero-order valence-corrected chi connectivity index (χ0v) is 13.0. The molecule has 0 spiro atoms. The topological polar surface area (TPSA) is 89.9 Å². The van der Waals surface area contributed by atoms with Gasteiger partial charge in [-0.2, -0.15) is 0 Å². The summed E-state index contributed by atoms with van der Waals surface area (Å²) in [6.07, 6.45) is 1.59. The lowest BCUT2D eigenvalue weighted by Gasteiger charge is -2.31. The molecule has 1 aromatic rings. The number of anilines is 1. The van der Waals surface area contributed by atoms with Crippen LogP contribution in [0.3, 0.4) is 0 Å². The SMILES string of the molecule is O=C(O)c1ccc(NC(=O)N2CCC(CO)CC2)c(Br)c1. The molecule has 0 atom stereocenters. The first-order chi connectivity index (χ1) is 10.0. The summed E-state index contributed by atoms with van der Waals surface area (Å²) in [4.78, 5) is 24.7. The highest BCUT2D eigenvalue weighted by Gasteiger charge is 2.22. The lowest BCUT2D eigenvalue weighted by molar-refractivity contribution is 0.0697. The molecule has 1 heterocycles. The van der Waals surface area contributed by atoms with Crippen molar-refractivity contribution in [2.45, 2.75) is 12.8 Å². The van der Waals surface area contributed by atoms with Gasteiger partial charge in [0.2, 0.25) is 0 Å². The molecule has 114 valence electrons. The fourth-order valence-corrected chi connectivity index (χ4v) is 2.74. The number of aliphatic hydroxyl groups is 1. The second-order valence-corrected chi connectivity index (χ2v) is 5.90. The van der Waals surface area contributed by atoms with E-state index in [1.165, 1.54) is 12.1 Å². The van der Waals surface area contributed by atoms with E-state index in [2.05, 4.69) is 21.2 Å². The number of aliphatic hydroxyl groups excluding tert-OH is 1. The molecule has 7 heteroatoms. The van der Waals surface area contributed by atoms with E-state index in [1.807, 2.05) is 0 Å². The summed E-state index contributed by atoms with van der Waals surface area (Å²) in [7, 11) is 0. The fourth-order valence-electron chi connectivity index (χ4n) is 2.26. The first kappa shape index (κ1) is 15.8. The van der Waals surface area contributed by atoms with Crippen molar-refractivity contribution in [2.24, 2.45) is 5.92 Å². The highest BCUT2D eigenvalue weighted by molar-refractivity contribution is 9.10. The Kier molecular flexibility index (Phi) is 5.19. The number of hydrogen-bond donors (Lipinski definition) is 3. The molecule has 0 aromatic heterocycles. The minimum absolute atomic E-state index is 0.156. The maximum atomic E-state index is 12.1. The lowest BCUT2D eigenvalue weighted by atomic mass is 9.98. The van der Waals surface area contributed by atoms with E-state index in [1.54, 1.807) is 11.0 Å². The Morgan fingerprint density at radius 2 is 2.00 bits per heavy atom. The number of carbonyl (C=O) groups is 2.